The van der Waals surface area contributed by atoms with Crippen LogP contribution in [0.2, 0.25) is 0 Å². The van der Waals surface area contributed by atoms with E-state index in [0.29, 0.717) is 0 Å². The molecule has 0 aliphatic carbocycles. The number of benzene rings is 17. The van der Waals surface area contributed by atoms with Crippen molar-refractivity contribution in [3.63, 3.8) is 0 Å². The number of hydrogen-bond donors (Lipinski definition) is 0. The molecule has 0 spiro atoms. The van der Waals surface area contributed by atoms with Crippen molar-refractivity contribution in [2.75, 3.05) is 9.80 Å². The number of furan rings is 2. The highest BCUT2D eigenvalue weighted by Crippen LogP contribution is 2.49. The van der Waals surface area contributed by atoms with Gasteiger partial charge in [-0.25, -0.2) is 0 Å². The lowest BCUT2D eigenvalue weighted by Crippen LogP contribution is -2.11. The standard InChI is InChI=1S/C94H60N2O2/c1-3-19-61(20-4-1)62-37-39-63(40-38-62)64-45-48-73(49-46-64)96(88-34-18-33-86-84-32-14-16-36-92(84)98-94(86)88)90-58-72-56-70(47-52-78(72)80-28-10-12-30-82(80)90)69-25-17-24-68(55-69)65-41-43-67(44-42-65)77-53-50-74(59-87(77)66-21-5-2-6-22-66)95(75-51-54-85-83-31-13-15-35-91(83)97-93(85)60-75)89-57-71-23-7-8-26-76(71)79-27-9-11-29-81(79)89/h1-60H. The Bertz CT molecular complexity index is 6290. The smallest absolute Gasteiger partial charge is 0.159 e. The van der Waals surface area contributed by atoms with Gasteiger partial charge >= 0.3 is 0 Å². The Morgan fingerprint density at radius 3 is 1.28 bits per heavy atom. The summed E-state index contributed by atoms with van der Waals surface area (Å²) in [6.07, 6.45) is 0. The summed E-state index contributed by atoms with van der Waals surface area (Å²) in [5, 5.41) is 13.8. The summed E-state index contributed by atoms with van der Waals surface area (Å²) >= 11 is 0. The molecule has 4 nitrogen and oxygen atoms in total. The summed E-state index contributed by atoms with van der Waals surface area (Å²) in [7, 11) is 0. The van der Waals surface area contributed by atoms with Gasteiger partial charge in [-0.15, -0.1) is 0 Å². The Balaban J connectivity index is 0.691. The summed E-state index contributed by atoms with van der Waals surface area (Å²) in [5.74, 6) is 0. The SMILES string of the molecule is c1ccc(-c2ccc(-c3ccc(N(c4cc5cc(-c6cccc(-c7ccc(-c8ccc(N(c9ccc%10c(c9)oc9ccccc9%10)c9cc%10ccccc%10c%10ccccc9%10)cc8-c8ccccc8)cc7)c6)ccc5c5ccccc45)c4cccc5c4oc4ccccc45)cc3)cc2)cc1. The van der Waals surface area contributed by atoms with Crippen molar-refractivity contribution < 1.29 is 8.83 Å². The van der Waals surface area contributed by atoms with E-state index in [1.807, 2.05) is 12.1 Å². The summed E-state index contributed by atoms with van der Waals surface area (Å²) in [6, 6.07) is 132. The van der Waals surface area contributed by atoms with Gasteiger partial charge in [-0.1, -0.05) is 279 Å². The zero-order chi connectivity index (χ0) is 64.6. The first-order valence-corrected chi connectivity index (χ1v) is 33.5. The Labute approximate surface area is 567 Å². The average molecular weight is 1250 g/mol. The molecule has 0 atom stereocenters. The molecule has 0 amide bonds. The van der Waals surface area contributed by atoms with E-state index in [-0.39, 0.29) is 0 Å². The quantitative estimate of drug-likeness (QED) is 0.114. The zero-order valence-electron chi connectivity index (χ0n) is 53.4. The van der Waals surface area contributed by atoms with Crippen molar-refractivity contribution in [2.45, 2.75) is 0 Å². The minimum absolute atomic E-state index is 0.842. The van der Waals surface area contributed by atoms with E-state index in [2.05, 4.69) is 362 Å². The normalized spacial score (nSPS) is 11.7. The maximum Gasteiger partial charge on any atom is 0.159 e. The Hall–Kier alpha value is -13.0. The fourth-order valence-corrected chi connectivity index (χ4v) is 15.1. The molecule has 19 aromatic rings. The first-order valence-electron chi connectivity index (χ1n) is 33.5. The summed E-state index contributed by atoms with van der Waals surface area (Å²) in [4.78, 5) is 4.81. The van der Waals surface area contributed by atoms with Crippen LogP contribution >= 0.6 is 0 Å². The summed E-state index contributed by atoms with van der Waals surface area (Å²) in [5.41, 5.74) is 23.5. The number of rotatable bonds is 12. The topological polar surface area (TPSA) is 32.8 Å². The molecule has 0 radical (unpaired) electrons. The molecule has 0 fully saturated rings. The molecule has 0 unspecified atom stereocenters. The third-order valence-electron chi connectivity index (χ3n) is 19.8. The van der Waals surface area contributed by atoms with E-state index >= 15 is 0 Å². The number of hydrogen-bond acceptors (Lipinski definition) is 4. The molecule has 2 aromatic heterocycles. The monoisotopic (exact) mass is 1250 g/mol. The number of nitrogens with zero attached hydrogens (tertiary/aromatic N) is 2. The molecule has 2 heterocycles. The van der Waals surface area contributed by atoms with Gasteiger partial charge < -0.3 is 18.6 Å². The van der Waals surface area contributed by atoms with E-state index in [0.717, 1.165) is 144 Å². The maximum absolute atomic E-state index is 6.86. The highest BCUT2D eigenvalue weighted by molar-refractivity contribution is 6.18. The molecule has 0 aliphatic heterocycles. The van der Waals surface area contributed by atoms with E-state index in [9.17, 15) is 0 Å². The fraction of sp³-hybridized carbons (Fsp3) is 0. The van der Waals surface area contributed by atoms with E-state index in [1.54, 1.807) is 0 Å². The van der Waals surface area contributed by atoms with Crippen LogP contribution in [0.4, 0.5) is 34.1 Å². The molecule has 0 bridgehead atoms. The van der Waals surface area contributed by atoms with Crippen LogP contribution in [-0.4, -0.2) is 0 Å². The molecule has 458 valence electrons. The molecule has 0 aliphatic rings. The molecule has 98 heavy (non-hydrogen) atoms. The number of fused-ring (bicyclic) bond motifs is 12. The van der Waals surface area contributed by atoms with Crippen LogP contribution in [0.3, 0.4) is 0 Å². The van der Waals surface area contributed by atoms with E-state index in [4.69, 9.17) is 8.83 Å². The first-order chi connectivity index (χ1) is 48.6. The van der Waals surface area contributed by atoms with Crippen LogP contribution in [0.5, 0.6) is 0 Å². The first kappa shape index (κ1) is 56.5. The van der Waals surface area contributed by atoms with Gasteiger partial charge in [0.25, 0.3) is 0 Å². The van der Waals surface area contributed by atoms with Gasteiger partial charge in [0.15, 0.2) is 5.58 Å². The maximum atomic E-state index is 6.86. The van der Waals surface area contributed by atoms with Crippen molar-refractivity contribution in [3.05, 3.63) is 364 Å². The predicted molar refractivity (Wildman–Crippen MR) is 413 cm³/mol. The molecule has 4 heteroatoms. The minimum Gasteiger partial charge on any atom is -0.456 e. The van der Waals surface area contributed by atoms with E-state index in [1.165, 1.54) is 43.4 Å². The second kappa shape index (κ2) is 23.5. The number of para-hydroxylation sites is 3. The van der Waals surface area contributed by atoms with Gasteiger partial charge in [-0.2, -0.15) is 0 Å². The molecular weight excluding hydrogens is 1190 g/mol. The largest absolute Gasteiger partial charge is 0.456 e. The van der Waals surface area contributed by atoms with Crippen molar-refractivity contribution in [2.24, 2.45) is 0 Å². The Morgan fingerprint density at radius 2 is 0.582 bits per heavy atom. The van der Waals surface area contributed by atoms with Crippen LogP contribution in [0.25, 0.3) is 154 Å². The van der Waals surface area contributed by atoms with E-state index < -0.39 is 0 Å². The molecular formula is C94H60N2O2. The predicted octanol–water partition coefficient (Wildman–Crippen LogP) is 27.0. The van der Waals surface area contributed by atoms with Gasteiger partial charge in [0.1, 0.15) is 16.7 Å². The van der Waals surface area contributed by atoms with Crippen molar-refractivity contribution >= 4 is 121 Å². The molecule has 0 N–H and O–H groups in total. The van der Waals surface area contributed by atoms with Crippen LogP contribution in [-0.2, 0) is 0 Å². The van der Waals surface area contributed by atoms with Crippen LogP contribution in [0.1, 0.15) is 0 Å². The third-order valence-corrected chi connectivity index (χ3v) is 19.8. The lowest BCUT2D eigenvalue weighted by Gasteiger charge is -2.28. The van der Waals surface area contributed by atoms with Crippen LogP contribution in [0, 0.1) is 0 Å². The molecule has 17 aromatic carbocycles. The molecule has 0 saturated carbocycles. The fourth-order valence-electron chi connectivity index (χ4n) is 15.1. The lowest BCUT2D eigenvalue weighted by atomic mass is 9.91. The number of anilines is 6. The van der Waals surface area contributed by atoms with Gasteiger partial charge in [0.05, 0.1) is 17.1 Å². The highest BCUT2D eigenvalue weighted by Gasteiger charge is 2.25. The van der Waals surface area contributed by atoms with Gasteiger partial charge in [-0.3, -0.25) is 0 Å². The molecule has 0 saturated heterocycles. The lowest BCUT2D eigenvalue weighted by molar-refractivity contribution is 0.668. The second-order valence-electron chi connectivity index (χ2n) is 25.5. The summed E-state index contributed by atoms with van der Waals surface area (Å²) < 4.78 is 13.4. The van der Waals surface area contributed by atoms with Gasteiger partial charge in [-0.05, 0) is 178 Å². The van der Waals surface area contributed by atoms with Crippen molar-refractivity contribution in [3.8, 4) is 66.8 Å². The minimum atomic E-state index is 0.842. The zero-order valence-corrected chi connectivity index (χ0v) is 53.4. The summed E-state index contributed by atoms with van der Waals surface area (Å²) in [6.45, 7) is 0. The second-order valence-corrected chi connectivity index (χ2v) is 25.5. The molecule has 19 rings (SSSR count). The highest BCUT2D eigenvalue weighted by atomic mass is 16.3. The average Bonchev–Trinajstić information content (AvgIpc) is 1.11. The Morgan fingerprint density at radius 1 is 0.173 bits per heavy atom. The third kappa shape index (κ3) is 9.76. The van der Waals surface area contributed by atoms with Crippen LogP contribution < -0.4 is 9.80 Å². The van der Waals surface area contributed by atoms with Gasteiger partial charge in [0, 0.05) is 55.4 Å². The van der Waals surface area contributed by atoms with Gasteiger partial charge in [0.2, 0.25) is 0 Å². The van der Waals surface area contributed by atoms with Crippen molar-refractivity contribution in [1.82, 2.24) is 0 Å². The van der Waals surface area contributed by atoms with Crippen LogP contribution in [0.15, 0.2) is 373 Å². The Kier molecular flexibility index (Phi) is 13.5. The van der Waals surface area contributed by atoms with Crippen molar-refractivity contribution in [1.29, 1.82) is 0 Å².